The number of hydrogen-bond donors (Lipinski definition) is 1. The summed E-state index contributed by atoms with van der Waals surface area (Å²) in [5.74, 6) is 0.338. The smallest absolute Gasteiger partial charge is 0.258 e. The topological polar surface area (TPSA) is 48.5 Å². The van der Waals surface area contributed by atoms with Gasteiger partial charge in [-0.25, -0.2) is 4.98 Å². The molecule has 0 saturated carbocycles. The number of anilines is 2. The van der Waals surface area contributed by atoms with E-state index in [4.69, 9.17) is 11.6 Å². The minimum atomic E-state index is -0.157. The van der Waals surface area contributed by atoms with Gasteiger partial charge in [0.1, 0.15) is 5.82 Å². The van der Waals surface area contributed by atoms with Crippen molar-refractivity contribution in [3.63, 3.8) is 0 Å². The Balaban J connectivity index is 1.71. The van der Waals surface area contributed by atoms with Gasteiger partial charge in [0.2, 0.25) is 0 Å². The Morgan fingerprint density at radius 2 is 2.00 bits per heavy atom. The molecule has 2 aromatic rings. The molecule has 0 unspecified atom stereocenters. The van der Waals surface area contributed by atoms with Crippen LogP contribution in [0.1, 0.15) is 36.5 Å². The first-order valence-corrected chi connectivity index (χ1v) is 9.93. The molecule has 0 aliphatic carbocycles. The number of amides is 1. The summed E-state index contributed by atoms with van der Waals surface area (Å²) in [6.45, 7) is 5.63. The van der Waals surface area contributed by atoms with Crippen molar-refractivity contribution in [3.8, 4) is 0 Å². The monoisotopic (exact) mass is 386 g/mol. The van der Waals surface area contributed by atoms with Gasteiger partial charge in [-0.3, -0.25) is 4.79 Å². The molecule has 0 radical (unpaired) electrons. The lowest BCUT2D eigenvalue weighted by Crippen LogP contribution is -2.44. The maximum absolute atomic E-state index is 12.8. The SMILES string of the molecule is CCCN1CCC(N(C)c2ccccc2C(=O)Nc2ccc(Cl)cn2)CC1. The summed E-state index contributed by atoms with van der Waals surface area (Å²) in [6, 6.07) is 11.6. The predicted molar refractivity (Wildman–Crippen MR) is 112 cm³/mol. The van der Waals surface area contributed by atoms with Crippen LogP contribution >= 0.6 is 11.6 Å². The Morgan fingerprint density at radius 1 is 1.26 bits per heavy atom. The average Bonchev–Trinajstić information content (AvgIpc) is 2.70. The zero-order valence-electron chi connectivity index (χ0n) is 16.0. The molecule has 0 bridgehead atoms. The highest BCUT2D eigenvalue weighted by Crippen LogP contribution is 2.26. The Kier molecular flexibility index (Phi) is 6.69. The Hall–Kier alpha value is -2.11. The zero-order chi connectivity index (χ0) is 19.2. The molecule has 5 nitrogen and oxygen atoms in total. The molecule has 0 atom stereocenters. The van der Waals surface area contributed by atoms with Gasteiger partial charge in [-0.15, -0.1) is 0 Å². The number of carbonyl (C=O) groups excluding carboxylic acids is 1. The van der Waals surface area contributed by atoms with Crippen molar-refractivity contribution in [2.75, 3.05) is 36.9 Å². The average molecular weight is 387 g/mol. The lowest BCUT2D eigenvalue weighted by atomic mass is 10.0. The molecule has 6 heteroatoms. The number of halogens is 1. The van der Waals surface area contributed by atoms with Crippen LogP contribution in [-0.2, 0) is 0 Å². The van der Waals surface area contributed by atoms with Crippen molar-refractivity contribution < 1.29 is 4.79 Å². The normalized spacial score (nSPS) is 15.5. The number of rotatable bonds is 6. The number of benzene rings is 1. The summed E-state index contributed by atoms with van der Waals surface area (Å²) in [4.78, 5) is 21.8. The molecule has 1 aromatic carbocycles. The number of nitrogens with zero attached hydrogens (tertiary/aromatic N) is 3. The Labute approximate surface area is 166 Å². The molecule has 1 aromatic heterocycles. The summed E-state index contributed by atoms with van der Waals surface area (Å²) in [5, 5.41) is 3.41. The maximum Gasteiger partial charge on any atom is 0.258 e. The van der Waals surface area contributed by atoms with E-state index in [1.807, 2.05) is 24.3 Å². The summed E-state index contributed by atoms with van der Waals surface area (Å²) < 4.78 is 0. The summed E-state index contributed by atoms with van der Waals surface area (Å²) in [7, 11) is 2.09. The minimum Gasteiger partial charge on any atom is -0.371 e. The van der Waals surface area contributed by atoms with Crippen molar-refractivity contribution >= 4 is 29.0 Å². The van der Waals surface area contributed by atoms with E-state index in [0.29, 0.717) is 22.4 Å². The molecule has 1 fully saturated rings. The summed E-state index contributed by atoms with van der Waals surface area (Å²) in [6.07, 6.45) is 4.96. The van der Waals surface area contributed by atoms with Crippen molar-refractivity contribution in [1.29, 1.82) is 0 Å². The lowest BCUT2D eigenvalue weighted by molar-refractivity contribution is 0.102. The van der Waals surface area contributed by atoms with E-state index in [2.05, 4.69) is 34.1 Å². The van der Waals surface area contributed by atoms with E-state index in [0.717, 1.165) is 31.6 Å². The molecular weight excluding hydrogens is 360 g/mol. The van der Waals surface area contributed by atoms with Crippen LogP contribution in [0.15, 0.2) is 42.6 Å². The van der Waals surface area contributed by atoms with E-state index in [1.165, 1.54) is 19.2 Å². The van der Waals surface area contributed by atoms with Crippen molar-refractivity contribution in [2.24, 2.45) is 0 Å². The van der Waals surface area contributed by atoms with Gasteiger partial charge in [0.15, 0.2) is 0 Å². The predicted octanol–water partition coefficient (Wildman–Crippen LogP) is 4.30. The van der Waals surface area contributed by atoms with Gasteiger partial charge in [-0.05, 0) is 50.1 Å². The number of piperidine rings is 1. The second kappa shape index (κ2) is 9.20. The van der Waals surface area contributed by atoms with Gasteiger partial charge >= 0.3 is 0 Å². The number of aromatic nitrogens is 1. The molecule has 27 heavy (non-hydrogen) atoms. The fraction of sp³-hybridized carbons (Fsp3) is 0.429. The first-order chi connectivity index (χ1) is 13.1. The van der Waals surface area contributed by atoms with Crippen LogP contribution < -0.4 is 10.2 Å². The van der Waals surface area contributed by atoms with Gasteiger partial charge in [-0.2, -0.15) is 0 Å². The summed E-state index contributed by atoms with van der Waals surface area (Å²) >= 11 is 5.86. The van der Waals surface area contributed by atoms with E-state index in [1.54, 1.807) is 12.1 Å². The van der Waals surface area contributed by atoms with E-state index in [9.17, 15) is 4.79 Å². The number of nitrogens with one attached hydrogen (secondary N) is 1. The number of likely N-dealkylation sites (tertiary alicyclic amines) is 1. The molecule has 144 valence electrons. The standard InChI is InChI=1S/C21H27ClN4O/c1-3-12-26-13-10-17(11-14-26)25(2)19-7-5-4-6-18(19)21(27)24-20-9-8-16(22)15-23-20/h4-9,15,17H,3,10-14H2,1-2H3,(H,23,24,27). The third-order valence-electron chi connectivity index (χ3n) is 5.14. The quantitative estimate of drug-likeness (QED) is 0.804. The van der Waals surface area contributed by atoms with Crippen LogP contribution in [-0.4, -0.2) is 48.5 Å². The van der Waals surface area contributed by atoms with Crippen molar-refractivity contribution in [2.45, 2.75) is 32.2 Å². The lowest BCUT2D eigenvalue weighted by Gasteiger charge is -2.38. The number of hydrogen-bond acceptors (Lipinski definition) is 4. The highest BCUT2D eigenvalue weighted by molar-refractivity contribution is 6.30. The van der Waals surface area contributed by atoms with Gasteiger partial charge in [-0.1, -0.05) is 30.7 Å². The van der Waals surface area contributed by atoms with Crippen LogP contribution in [0.2, 0.25) is 5.02 Å². The fourth-order valence-corrected chi connectivity index (χ4v) is 3.76. The molecule has 3 rings (SSSR count). The van der Waals surface area contributed by atoms with Gasteiger partial charge in [0.25, 0.3) is 5.91 Å². The maximum atomic E-state index is 12.8. The molecule has 1 amide bonds. The van der Waals surface area contributed by atoms with Crippen molar-refractivity contribution in [3.05, 3.63) is 53.2 Å². The Bertz CT molecular complexity index is 757. The van der Waals surface area contributed by atoms with Gasteiger partial charge < -0.3 is 15.1 Å². The molecular formula is C21H27ClN4O. The summed E-state index contributed by atoms with van der Waals surface area (Å²) in [5.41, 5.74) is 1.62. The molecule has 1 aliphatic heterocycles. The molecule has 1 saturated heterocycles. The molecule has 1 aliphatic rings. The van der Waals surface area contributed by atoms with Crippen LogP contribution in [0.3, 0.4) is 0 Å². The van der Waals surface area contributed by atoms with Crippen LogP contribution in [0.4, 0.5) is 11.5 Å². The van der Waals surface area contributed by atoms with E-state index >= 15 is 0 Å². The minimum absolute atomic E-state index is 0.157. The fourth-order valence-electron chi connectivity index (χ4n) is 3.65. The first kappa shape index (κ1) is 19.6. The van der Waals surface area contributed by atoms with Crippen molar-refractivity contribution in [1.82, 2.24) is 9.88 Å². The van der Waals surface area contributed by atoms with E-state index < -0.39 is 0 Å². The highest BCUT2D eigenvalue weighted by Gasteiger charge is 2.24. The van der Waals surface area contributed by atoms with Gasteiger partial charge in [0.05, 0.1) is 10.6 Å². The molecule has 1 N–H and O–H groups in total. The third kappa shape index (κ3) is 4.99. The molecule has 2 heterocycles. The highest BCUT2D eigenvalue weighted by atomic mass is 35.5. The Morgan fingerprint density at radius 3 is 2.67 bits per heavy atom. The van der Waals surface area contributed by atoms with Crippen LogP contribution in [0, 0.1) is 0 Å². The largest absolute Gasteiger partial charge is 0.371 e. The number of para-hydroxylation sites is 1. The second-order valence-corrected chi connectivity index (χ2v) is 7.45. The van der Waals surface area contributed by atoms with Gasteiger partial charge in [0, 0.05) is 38.1 Å². The molecule has 0 spiro atoms. The van der Waals surface area contributed by atoms with E-state index in [-0.39, 0.29) is 5.91 Å². The third-order valence-corrected chi connectivity index (χ3v) is 5.37. The zero-order valence-corrected chi connectivity index (χ0v) is 16.7. The van der Waals surface area contributed by atoms with Crippen LogP contribution in [0.25, 0.3) is 0 Å². The van der Waals surface area contributed by atoms with Crippen LogP contribution in [0.5, 0.6) is 0 Å². The number of carbonyl (C=O) groups is 1. The number of pyridine rings is 1. The first-order valence-electron chi connectivity index (χ1n) is 9.55. The second-order valence-electron chi connectivity index (χ2n) is 7.02.